The zero-order valence-electron chi connectivity index (χ0n) is 16.4. The second-order valence-corrected chi connectivity index (χ2v) is 9.11. The average molecular weight is 497 g/mol. The van der Waals surface area contributed by atoms with Gasteiger partial charge in [0, 0.05) is 18.7 Å². The summed E-state index contributed by atoms with van der Waals surface area (Å²) in [6, 6.07) is 6.95. The quantitative estimate of drug-likeness (QED) is 0.244. The van der Waals surface area contributed by atoms with Gasteiger partial charge in [-0.3, -0.25) is 14.9 Å². The minimum atomic E-state index is -4.10. The summed E-state index contributed by atoms with van der Waals surface area (Å²) in [6.45, 7) is 6.85. The molecule has 0 saturated carbocycles. The summed E-state index contributed by atoms with van der Waals surface area (Å²) in [5.74, 6) is -0.240. The molecule has 1 aromatic heterocycles. The van der Waals surface area contributed by atoms with Gasteiger partial charge in [0.25, 0.3) is 5.69 Å². The standard InChI is InChI=1S/C19H21BrN4O5S/c1-4-5-12-23(30(28,29)16-9-7-15(8-10-16)24(26)27)14(3)19(25)22-18-13(2)6-11-17(20)21-18/h4,6-11,14H,1,5,12H2,2-3H3,(H,21,22,25). The van der Waals surface area contributed by atoms with E-state index in [1.54, 1.807) is 25.1 Å². The Morgan fingerprint density at radius 3 is 2.53 bits per heavy atom. The van der Waals surface area contributed by atoms with Crippen molar-refractivity contribution in [3.8, 4) is 0 Å². The summed E-state index contributed by atoms with van der Waals surface area (Å²) >= 11 is 3.24. The van der Waals surface area contributed by atoms with E-state index in [1.807, 2.05) is 0 Å². The van der Waals surface area contributed by atoms with Gasteiger partial charge < -0.3 is 5.32 Å². The monoisotopic (exact) mass is 496 g/mol. The number of hydrogen-bond donors (Lipinski definition) is 1. The second kappa shape index (κ2) is 9.92. The number of pyridine rings is 1. The van der Waals surface area contributed by atoms with E-state index in [2.05, 4.69) is 32.8 Å². The zero-order chi connectivity index (χ0) is 22.5. The normalized spacial score (nSPS) is 12.4. The van der Waals surface area contributed by atoms with Crippen molar-refractivity contribution in [3.63, 3.8) is 0 Å². The number of benzene rings is 1. The van der Waals surface area contributed by atoms with E-state index in [-0.39, 0.29) is 17.1 Å². The van der Waals surface area contributed by atoms with Crippen molar-refractivity contribution >= 4 is 43.4 Å². The number of rotatable bonds is 9. The highest BCUT2D eigenvalue weighted by atomic mass is 79.9. The lowest BCUT2D eigenvalue weighted by Crippen LogP contribution is -2.46. The number of carbonyl (C=O) groups is 1. The van der Waals surface area contributed by atoms with Gasteiger partial charge in [0.15, 0.2) is 0 Å². The van der Waals surface area contributed by atoms with Gasteiger partial charge in [-0.2, -0.15) is 4.31 Å². The Balaban J connectivity index is 2.34. The van der Waals surface area contributed by atoms with Crippen molar-refractivity contribution in [2.45, 2.75) is 31.2 Å². The molecule has 11 heteroatoms. The second-order valence-electron chi connectivity index (χ2n) is 6.41. The maximum Gasteiger partial charge on any atom is 0.269 e. The maximum atomic E-state index is 13.2. The molecule has 0 saturated heterocycles. The fourth-order valence-electron chi connectivity index (χ4n) is 2.60. The molecule has 0 spiro atoms. The number of nitro benzene ring substituents is 1. The van der Waals surface area contributed by atoms with Crippen LogP contribution in [-0.4, -0.2) is 41.1 Å². The molecule has 0 bridgehead atoms. The van der Waals surface area contributed by atoms with Gasteiger partial charge in [-0.1, -0.05) is 12.1 Å². The first-order valence-electron chi connectivity index (χ1n) is 8.89. The van der Waals surface area contributed by atoms with Gasteiger partial charge in [0.1, 0.15) is 16.5 Å². The lowest BCUT2D eigenvalue weighted by atomic mass is 10.2. The fourth-order valence-corrected chi connectivity index (χ4v) is 4.52. The molecule has 0 aliphatic rings. The van der Waals surface area contributed by atoms with Crippen LogP contribution in [0.2, 0.25) is 0 Å². The van der Waals surface area contributed by atoms with Crippen LogP contribution in [0.5, 0.6) is 0 Å². The molecule has 2 rings (SSSR count). The number of sulfonamides is 1. The molecule has 0 aliphatic heterocycles. The summed E-state index contributed by atoms with van der Waals surface area (Å²) in [6.07, 6.45) is 1.86. The van der Waals surface area contributed by atoms with E-state index >= 15 is 0 Å². The van der Waals surface area contributed by atoms with Gasteiger partial charge in [-0.15, -0.1) is 6.58 Å². The molecule has 1 N–H and O–H groups in total. The first-order valence-corrected chi connectivity index (χ1v) is 11.1. The Morgan fingerprint density at radius 2 is 1.97 bits per heavy atom. The molecular formula is C19H21BrN4O5S. The van der Waals surface area contributed by atoms with Gasteiger partial charge in [-0.25, -0.2) is 13.4 Å². The Labute approximate surface area is 183 Å². The van der Waals surface area contributed by atoms with E-state index in [0.717, 1.165) is 34.1 Å². The highest BCUT2D eigenvalue weighted by Gasteiger charge is 2.33. The van der Waals surface area contributed by atoms with Gasteiger partial charge in [0.2, 0.25) is 15.9 Å². The number of halogens is 1. The fraction of sp³-hybridized carbons (Fsp3) is 0.263. The van der Waals surface area contributed by atoms with Gasteiger partial charge in [0.05, 0.1) is 9.82 Å². The summed E-state index contributed by atoms with van der Waals surface area (Å²) < 4.78 is 27.9. The van der Waals surface area contributed by atoms with Crippen LogP contribution in [0, 0.1) is 17.0 Å². The Hall–Kier alpha value is -2.63. The summed E-state index contributed by atoms with van der Waals surface area (Å²) in [5, 5.41) is 13.5. The van der Waals surface area contributed by atoms with Crippen molar-refractivity contribution in [2.24, 2.45) is 0 Å². The lowest BCUT2D eigenvalue weighted by Gasteiger charge is -2.27. The third kappa shape index (κ3) is 5.49. The Bertz CT molecular complexity index is 1060. The van der Waals surface area contributed by atoms with E-state index in [0.29, 0.717) is 16.8 Å². The minimum Gasteiger partial charge on any atom is -0.309 e. The van der Waals surface area contributed by atoms with Gasteiger partial charge >= 0.3 is 0 Å². The summed E-state index contributed by atoms with van der Waals surface area (Å²) in [5.41, 5.74) is 0.489. The first kappa shape index (κ1) is 23.6. The number of hydrogen-bond acceptors (Lipinski definition) is 6. The molecule has 0 radical (unpaired) electrons. The largest absolute Gasteiger partial charge is 0.309 e. The molecule has 1 amide bonds. The molecule has 160 valence electrons. The van der Waals surface area contributed by atoms with E-state index in [9.17, 15) is 23.3 Å². The first-order chi connectivity index (χ1) is 14.1. The number of amides is 1. The molecular weight excluding hydrogens is 476 g/mol. The van der Waals surface area contributed by atoms with Gasteiger partial charge in [-0.05, 0) is 60.0 Å². The minimum absolute atomic E-state index is 0.0162. The number of aryl methyl sites for hydroxylation is 1. The lowest BCUT2D eigenvalue weighted by molar-refractivity contribution is -0.384. The number of nitrogens with one attached hydrogen (secondary N) is 1. The van der Waals surface area contributed by atoms with E-state index < -0.39 is 26.9 Å². The highest BCUT2D eigenvalue weighted by molar-refractivity contribution is 9.10. The molecule has 1 heterocycles. The van der Waals surface area contributed by atoms with Crippen molar-refractivity contribution in [1.82, 2.24) is 9.29 Å². The number of anilines is 1. The van der Waals surface area contributed by atoms with Crippen LogP contribution >= 0.6 is 15.9 Å². The predicted octanol–water partition coefficient (Wildman–Crippen LogP) is 3.65. The van der Waals surface area contributed by atoms with Crippen LogP contribution < -0.4 is 5.32 Å². The van der Waals surface area contributed by atoms with Crippen LogP contribution in [0.1, 0.15) is 18.9 Å². The number of non-ortho nitro benzene ring substituents is 1. The SMILES string of the molecule is C=CCCN(C(C)C(=O)Nc1nc(Br)ccc1C)S(=O)(=O)c1ccc([N+](=O)[O-])cc1. The number of nitro groups is 1. The van der Waals surface area contributed by atoms with Crippen LogP contribution in [-0.2, 0) is 14.8 Å². The third-order valence-electron chi connectivity index (χ3n) is 4.32. The van der Waals surface area contributed by atoms with Crippen LogP contribution in [0.25, 0.3) is 0 Å². The van der Waals surface area contributed by atoms with Crippen LogP contribution in [0.4, 0.5) is 11.5 Å². The molecule has 0 fully saturated rings. The van der Waals surface area contributed by atoms with Crippen molar-refractivity contribution < 1.29 is 18.1 Å². The zero-order valence-corrected chi connectivity index (χ0v) is 18.8. The predicted molar refractivity (Wildman–Crippen MR) is 117 cm³/mol. The summed E-state index contributed by atoms with van der Waals surface area (Å²) in [7, 11) is -4.10. The Kier molecular flexibility index (Phi) is 7.82. The maximum absolute atomic E-state index is 13.2. The molecule has 1 aromatic carbocycles. The number of aromatic nitrogens is 1. The topological polar surface area (TPSA) is 123 Å². The van der Waals surface area contributed by atoms with Crippen LogP contribution in [0.3, 0.4) is 0 Å². The Morgan fingerprint density at radius 1 is 1.33 bits per heavy atom. The third-order valence-corrected chi connectivity index (χ3v) is 6.75. The molecule has 30 heavy (non-hydrogen) atoms. The number of carbonyl (C=O) groups excluding carboxylic acids is 1. The number of nitrogens with zero attached hydrogens (tertiary/aromatic N) is 3. The van der Waals surface area contributed by atoms with E-state index in [1.165, 1.54) is 6.92 Å². The van der Waals surface area contributed by atoms with Crippen molar-refractivity contribution in [3.05, 3.63) is 69.3 Å². The van der Waals surface area contributed by atoms with Crippen molar-refractivity contribution in [1.29, 1.82) is 0 Å². The molecule has 9 nitrogen and oxygen atoms in total. The molecule has 2 aromatic rings. The summed E-state index contributed by atoms with van der Waals surface area (Å²) in [4.78, 5) is 27.1. The highest BCUT2D eigenvalue weighted by Crippen LogP contribution is 2.23. The van der Waals surface area contributed by atoms with Crippen molar-refractivity contribution in [2.75, 3.05) is 11.9 Å². The average Bonchev–Trinajstić information content (AvgIpc) is 2.70. The van der Waals surface area contributed by atoms with E-state index in [4.69, 9.17) is 0 Å². The molecule has 0 aliphatic carbocycles. The smallest absolute Gasteiger partial charge is 0.269 e. The molecule has 1 unspecified atom stereocenters. The molecule has 1 atom stereocenters. The van der Waals surface area contributed by atoms with Crippen LogP contribution in [0.15, 0.2) is 58.6 Å².